The molecule has 1 fully saturated rings. The molecule has 0 radical (unpaired) electrons. The van der Waals surface area contributed by atoms with Crippen LogP contribution in [0.3, 0.4) is 0 Å². The molecule has 0 spiro atoms. The van der Waals surface area contributed by atoms with Crippen LogP contribution in [0.15, 0.2) is 30.5 Å². The molecule has 21 heavy (non-hydrogen) atoms. The molecule has 112 valence electrons. The molecule has 1 aliphatic rings. The predicted molar refractivity (Wildman–Crippen MR) is 84.5 cm³/mol. The molecule has 0 atom stereocenters. The molecule has 0 saturated carbocycles. The topological polar surface area (TPSA) is 52.5 Å². The number of hydrogen-bond acceptors (Lipinski definition) is 5. The first-order valence-electron chi connectivity index (χ1n) is 7.43. The number of anilines is 1. The van der Waals surface area contributed by atoms with E-state index < -0.39 is 5.60 Å². The monoisotopic (exact) mass is 286 g/mol. The summed E-state index contributed by atoms with van der Waals surface area (Å²) in [6, 6.07) is 7.94. The summed E-state index contributed by atoms with van der Waals surface area (Å²) in [4.78, 5) is 13.7. The summed E-state index contributed by atoms with van der Waals surface area (Å²) in [5, 5.41) is 9.89. The van der Waals surface area contributed by atoms with Gasteiger partial charge in [-0.3, -0.25) is 9.88 Å². The predicted octanol–water partition coefficient (Wildman–Crippen LogP) is 1.52. The van der Waals surface area contributed by atoms with Crippen molar-refractivity contribution in [1.29, 1.82) is 0 Å². The van der Waals surface area contributed by atoms with E-state index in [2.05, 4.69) is 14.8 Å². The van der Waals surface area contributed by atoms with E-state index in [0.717, 1.165) is 43.0 Å². The Hall–Kier alpha value is -1.72. The van der Waals surface area contributed by atoms with E-state index in [0.29, 0.717) is 6.54 Å². The summed E-state index contributed by atoms with van der Waals surface area (Å²) in [6.45, 7) is 8.15. The summed E-state index contributed by atoms with van der Waals surface area (Å²) in [7, 11) is 0. The number of rotatable bonds is 3. The van der Waals surface area contributed by atoms with Gasteiger partial charge in [-0.25, -0.2) is 4.98 Å². The third-order valence-electron chi connectivity index (χ3n) is 3.74. The minimum absolute atomic E-state index is 0.634. The molecule has 0 unspecified atom stereocenters. The molecule has 2 aromatic rings. The number of fused-ring (bicyclic) bond motifs is 1. The lowest BCUT2D eigenvalue weighted by Gasteiger charge is -2.37. The second kappa shape index (κ2) is 5.58. The van der Waals surface area contributed by atoms with E-state index >= 15 is 0 Å². The van der Waals surface area contributed by atoms with Crippen molar-refractivity contribution >= 4 is 16.9 Å². The van der Waals surface area contributed by atoms with Gasteiger partial charge in [0.1, 0.15) is 5.82 Å². The fourth-order valence-electron chi connectivity index (χ4n) is 2.78. The van der Waals surface area contributed by atoms with Crippen molar-refractivity contribution in [3.63, 3.8) is 0 Å². The Morgan fingerprint density at radius 3 is 2.43 bits per heavy atom. The Bertz CT molecular complexity index is 615. The molecule has 0 bridgehead atoms. The molecule has 1 saturated heterocycles. The maximum atomic E-state index is 9.89. The van der Waals surface area contributed by atoms with E-state index in [1.807, 2.05) is 44.3 Å². The van der Waals surface area contributed by atoms with Crippen molar-refractivity contribution in [3.8, 4) is 0 Å². The van der Waals surface area contributed by atoms with Crippen LogP contribution < -0.4 is 4.90 Å². The molecular formula is C16H22N4O. The van der Waals surface area contributed by atoms with Crippen molar-refractivity contribution in [2.45, 2.75) is 19.4 Å². The SMILES string of the molecule is CC(C)(O)CN1CCN(c2cnc3ccccc3n2)CC1. The molecule has 1 aromatic carbocycles. The number of β-amino-alcohol motifs (C(OH)–C–C–N with tert-alkyl or cyclic N) is 1. The molecule has 2 heterocycles. The zero-order valence-electron chi connectivity index (χ0n) is 12.7. The first kappa shape index (κ1) is 14.2. The van der Waals surface area contributed by atoms with Gasteiger partial charge >= 0.3 is 0 Å². The standard InChI is InChI=1S/C16H22N4O/c1-16(2,21)12-19-7-9-20(10-8-19)15-11-17-13-5-3-4-6-14(13)18-15/h3-6,11,21H,7-10,12H2,1-2H3. The van der Waals surface area contributed by atoms with Crippen LogP contribution in [0.25, 0.3) is 11.0 Å². The maximum absolute atomic E-state index is 9.89. The summed E-state index contributed by atoms with van der Waals surface area (Å²) < 4.78 is 0. The van der Waals surface area contributed by atoms with E-state index in [4.69, 9.17) is 4.98 Å². The summed E-state index contributed by atoms with van der Waals surface area (Å²) in [5.74, 6) is 0.941. The number of benzene rings is 1. The number of aliphatic hydroxyl groups is 1. The summed E-state index contributed by atoms with van der Waals surface area (Å²) >= 11 is 0. The van der Waals surface area contributed by atoms with Crippen LogP contribution in [0.5, 0.6) is 0 Å². The van der Waals surface area contributed by atoms with Crippen molar-refractivity contribution in [3.05, 3.63) is 30.5 Å². The minimum atomic E-state index is -0.634. The van der Waals surface area contributed by atoms with Gasteiger partial charge in [0, 0.05) is 32.7 Å². The lowest BCUT2D eigenvalue weighted by molar-refractivity contribution is 0.0344. The number of para-hydroxylation sites is 2. The fourth-order valence-corrected chi connectivity index (χ4v) is 2.78. The van der Waals surface area contributed by atoms with E-state index in [-0.39, 0.29) is 0 Å². The van der Waals surface area contributed by atoms with Gasteiger partial charge in [-0.15, -0.1) is 0 Å². The number of aromatic nitrogens is 2. The Morgan fingerprint density at radius 1 is 1.10 bits per heavy atom. The smallest absolute Gasteiger partial charge is 0.147 e. The average Bonchev–Trinajstić information content (AvgIpc) is 2.46. The van der Waals surface area contributed by atoms with Gasteiger partial charge in [-0.05, 0) is 26.0 Å². The molecule has 0 aliphatic carbocycles. The van der Waals surface area contributed by atoms with Crippen molar-refractivity contribution in [1.82, 2.24) is 14.9 Å². The highest BCUT2D eigenvalue weighted by molar-refractivity contribution is 5.75. The quantitative estimate of drug-likeness (QED) is 0.927. The summed E-state index contributed by atoms with van der Waals surface area (Å²) in [5.41, 5.74) is 1.24. The van der Waals surface area contributed by atoms with Crippen LogP contribution >= 0.6 is 0 Å². The van der Waals surface area contributed by atoms with Gasteiger partial charge in [0.25, 0.3) is 0 Å². The zero-order valence-corrected chi connectivity index (χ0v) is 12.7. The Kier molecular flexibility index (Phi) is 3.78. The first-order valence-corrected chi connectivity index (χ1v) is 7.43. The molecule has 3 rings (SSSR count). The van der Waals surface area contributed by atoms with Crippen LogP contribution in [0, 0.1) is 0 Å². The maximum Gasteiger partial charge on any atom is 0.147 e. The average molecular weight is 286 g/mol. The van der Waals surface area contributed by atoms with Crippen LogP contribution in [0.2, 0.25) is 0 Å². The molecule has 0 amide bonds. The van der Waals surface area contributed by atoms with Crippen molar-refractivity contribution < 1.29 is 5.11 Å². The number of nitrogens with zero attached hydrogens (tertiary/aromatic N) is 4. The number of hydrogen-bond donors (Lipinski definition) is 1. The van der Waals surface area contributed by atoms with Gasteiger partial charge in [0.2, 0.25) is 0 Å². The van der Waals surface area contributed by atoms with Crippen LogP contribution in [-0.2, 0) is 0 Å². The largest absolute Gasteiger partial charge is 0.389 e. The second-order valence-electron chi connectivity index (χ2n) is 6.29. The van der Waals surface area contributed by atoms with E-state index in [9.17, 15) is 5.11 Å². The van der Waals surface area contributed by atoms with Crippen molar-refractivity contribution in [2.24, 2.45) is 0 Å². The van der Waals surface area contributed by atoms with Crippen LogP contribution in [0.4, 0.5) is 5.82 Å². The van der Waals surface area contributed by atoms with Gasteiger partial charge in [-0.1, -0.05) is 12.1 Å². The third kappa shape index (κ3) is 3.49. The van der Waals surface area contributed by atoms with Crippen molar-refractivity contribution in [2.75, 3.05) is 37.6 Å². The van der Waals surface area contributed by atoms with Gasteiger partial charge in [0.05, 0.1) is 22.8 Å². The zero-order chi connectivity index (χ0) is 14.9. The lowest BCUT2D eigenvalue weighted by Crippen LogP contribution is -2.50. The van der Waals surface area contributed by atoms with E-state index in [1.54, 1.807) is 0 Å². The van der Waals surface area contributed by atoms with Crippen LogP contribution in [-0.4, -0.2) is 58.3 Å². The molecule has 1 N–H and O–H groups in total. The molecular weight excluding hydrogens is 264 g/mol. The highest BCUT2D eigenvalue weighted by Gasteiger charge is 2.23. The summed E-state index contributed by atoms with van der Waals surface area (Å²) in [6.07, 6.45) is 1.86. The van der Waals surface area contributed by atoms with Crippen LogP contribution in [0.1, 0.15) is 13.8 Å². The minimum Gasteiger partial charge on any atom is -0.389 e. The molecule has 1 aromatic heterocycles. The normalized spacial score (nSPS) is 17.4. The Labute approximate surface area is 125 Å². The highest BCUT2D eigenvalue weighted by Crippen LogP contribution is 2.17. The van der Waals surface area contributed by atoms with Gasteiger partial charge in [-0.2, -0.15) is 0 Å². The Balaban J connectivity index is 1.68. The molecule has 5 nitrogen and oxygen atoms in total. The number of piperazine rings is 1. The third-order valence-corrected chi connectivity index (χ3v) is 3.74. The molecule has 5 heteroatoms. The van der Waals surface area contributed by atoms with Gasteiger partial charge in [0.15, 0.2) is 0 Å². The van der Waals surface area contributed by atoms with E-state index in [1.165, 1.54) is 0 Å². The van der Waals surface area contributed by atoms with Gasteiger partial charge < -0.3 is 10.0 Å². The fraction of sp³-hybridized carbons (Fsp3) is 0.500. The Morgan fingerprint density at radius 2 is 1.76 bits per heavy atom. The highest BCUT2D eigenvalue weighted by atomic mass is 16.3. The second-order valence-corrected chi connectivity index (χ2v) is 6.29. The first-order chi connectivity index (χ1) is 10.0. The molecule has 1 aliphatic heterocycles. The lowest BCUT2D eigenvalue weighted by atomic mass is 10.1.